The molecule has 0 saturated carbocycles. The third-order valence-corrected chi connectivity index (χ3v) is 3.35. The zero-order valence-electron chi connectivity index (χ0n) is 11.5. The molecule has 0 atom stereocenters. The van der Waals surface area contributed by atoms with E-state index >= 15 is 0 Å². The van der Waals surface area contributed by atoms with Crippen LogP contribution in [0.1, 0.15) is 11.1 Å². The Morgan fingerprint density at radius 3 is 2.41 bits per heavy atom. The van der Waals surface area contributed by atoms with Gasteiger partial charge in [0, 0.05) is 22.7 Å². The van der Waals surface area contributed by atoms with Crippen molar-refractivity contribution >= 4 is 23.0 Å². The summed E-state index contributed by atoms with van der Waals surface area (Å²) in [4.78, 5) is 20.8. The van der Waals surface area contributed by atoms with Crippen LogP contribution in [0.2, 0.25) is 5.02 Å². The molecule has 114 valence electrons. The molecule has 0 spiro atoms. The average Bonchev–Trinajstić information content (AvgIpc) is 2.46. The van der Waals surface area contributed by atoms with Crippen molar-refractivity contribution in [3.63, 3.8) is 0 Å². The van der Waals surface area contributed by atoms with Gasteiger partial charge in [-0.05, 0) is 24.6 Å². The van der Waals surface area contributed by atoms with E-state index in [-0.39, 0.29) is 28.8 Å². The van der Waals surface area contributed by atoms with E-state index in [1.165, 1.54) is 24.3 Å². The number of hydrogen-bond acceptors (Lipinski definition) is 5. The quantitative estimate of drug-likeness (QED) is 0.611. The normalized spacial score (nSPS) is 10.3. The van der Waals surface area contributed by atoms with Crippen LogP contribution in [0.3, 0.4) is 0 Å². The lowest BCUT2D eigenvalue weighted by Crippen LogP contribution is -2.02. The van der Waals surface area contributed by atoms with Gasteiger partial charge in [-0.15, -0.1) is 0 Å². The van der Waals surface area contributed by atoms with Gasteiger partial charge in [0.1, 0.15) is 6.61 Å². The standard InChI is InChI=1S/C14H11ClN2O5/c1-9-10(3-2-4-12(9)16(18)19)8-22-14-6-5-11(15)7-13(14)17(20)21/h2-7H,8H2,1H3. The van der Waals surface area contributed by atoms with Crippen LogP contribution in [0.5, 0.6) is 5.75 Å². The van der Waals surface area contributed by atoms with Crippen LogP contribution in [0.4, 0.5) is 11.4 Å². The molecule has 2 rings (SSSR count). The topological polar surface area (TPSA) is 95.5 Å². The van der Waals surface area contributed by atoms with Gasteiger partial charge in [0.15, 0.2) is 5.75 Å². The molecule has 22 heavy (non-hydrogen) atoms. The van der Waals surface area contributed by atoms with E-state index in [1.54, 1.807) is 19.1 Å². The van der Waals surface area contributed by atoms with Gasteiger partial charge in [-0.3, -0.25) is 20.2 Å². The van der Waals surface area contributed by atoms with E-state index < -0.39 is 9.85 Å². The van der Waals surface area contributed by atoms with Gasteiger partial charge < -0.3 is 4.74 Å². The lowest BCUT2D eigenvalue weighted by atomic mass is 10.1. The number of halogens is 1. The number of ether oxygens (including phenoxy) is 1. The molecule has 0 saturated heterocycles. The largest absolute Gasteiger partial charge is 0.482 e. The third-order valence-electron chi connectivity index (χ3n) is 3.11. The summed E-state index contributed by atoms with van der Waals surface area (Å²) in [6, 6.07) is 8.67. The van der Waals surface area contributed by atoms with Crippen molar-refractivity contribution < 1.29 is 14.6 Å². The third kappa shape index (κ3) is 3.32. The van der Waals surface area contributed by atoms with Crippen molar-refractivity contribution in [2.24, 2.45) is 0 Å². The number of benzene rings is 2. The predicted molar refractivity (Wildman–Crippen MR) is 80.3 cm³/mol. The molecule has 0 aromatic heterocycles. The van der Waals surface area contributed by atoms with Crippen LogP contribution in [-0.2, 0) is 6.61 Å². The monoisotopic (exact) mass is 322 g/mol. The molecule has 2 aromatic rings. The number of hydrogen-bond donors (Lipinski definition) is 0. The van der Waals surface area contributed by atoms with Gasteiger partial charge in [-0.25, -0.2) is 0 Å². The molecule has 0 bridgehead atoms. The summed E-state index contributed by atoms with van der Waals surface area (Å²) in [5.74, 6) is 0.0558. The van der Waals surface area contributed by atoms with Gasteiger partial charge in [0.2, 0.25) is 0 Å². The van der Waals surface area contributed by atoms with Gasteiger partial charge in [0.05, 0.1) is 9.85 Å². The Balaban J connectivity index is 2.26. The van der Waals surface area contributed by atoms with E-state index in [2.05, 4.69) is 0 Å². The summed E-state index contributed by atoms with van der Waals surface area (Å²) in [6.07, 6.45) is 0. The van der Waals surface area contributed by atoms with E-state index in [0.717, 1.165) is 0 Å². The lowest BCUT2D eigenvalue weighted by Gasteiger charge is -2.09. The van der Waals surface area contributed by atoms with Crippen molar-refractivity contribution in [2.45, 2.75) is 13.5 Å². The van der Waals surface area contributed by atoms with Crippen molar-refractivity contribution in [1.82, 2.24) is 0 Å². The maximum Gasteiger partial charge on any atom is 0.312 e. The molecule has 8 heteroatoms. The first-order valence-electron chi connectivity index (χ1n) is 6.19. The zero-order valence-corrected chi connectivity index (χ0v) is 12.2. The zero-order chi connectivity index (χ0) is 16.3. The summed E-state index contributed by atoms with van der Waals surface area (Å²) in [5.41, 5.74) is 0.768. The second-order valence-electron chi connectivity index (χ2n) is 4.48. The summed E-state index contributed by atoms with van der Waals surface area (Å²) in [7, 11) is 0. The Morgan fingerprint density at radius 2 is 1.77 bits per heavy atom. The summed E-state index contributed by atoms with van der Waals surface area (Å²) < 4.78 is 5.43. The van der Waals surface area contributed by atoms with E-state index in [0.29, 0.717) is 11.1 Å². The minimum atomic E-state index is -0.596. The molecule has 0 fully saturated rings. The molecule has 0 amide bonds. The highest BCUT2D eigenvalue weighted by Crippen LogP contribution is 2.31. The number of nitrogens with zero attached hydrogens (tertiary/aromatic N) is 2. The van der Waals surface area contributed by atoms with Gasteiger partial charge in [0.25, 0.3) is 5.69 Å². The van der Waals surface area contributed by atoms with Crippen LogP contribution >= 0.6 is 11.6 Å². The molecule has 0 aliphatic rings. The molecule has 0 heterocycles. The number of rotatable bonds is 5. The van der Waals surface area contributed by atoms with Crippen molar-refractivity contribution in [3.05, 3.63) is 72.8 Å². The minimum absolute atomic E-state index is 0.0179. The van der Waals surface area contributed by atoms with Gasteiger partial charge in [-0.2, -0.15) is 0 Å². The van der Waals surface area contributed by atoms with Crippen LogP contribution in [-0.4, -0.2) is 9.85 Å². The fraction of sp³-hybridized carbons (Fsp3) is 0.143. The van der Waals surface area contributed by atoms with Crippen LogP contribution in [0.25, 0.3) is 0 Å². The molecule has 0 radical (unpaired) electrons. The molecule has 0 aliphatic heterocycles. The fourth-order valence-corrected chi connectivity index (χ4v) is 2.10. The Bertz CT molecular complexity index is 748. The Labute approximate surface area is 130 Å². The second kappa shape index (κ2) is 6.40. The molecule has 0 aliphatic carbocycles. The predicted octanol–water partition coefficient (Wildman–Crippen LogP) is 4.04. The van der Waals surface area contributed by atoms with Crippen molar-refractivity contribution in [3.8, 4) is 5.75 Å². The molecular weight excluding hydrogens is 312 g/mol. The lowest BCUT2D eigenvalue weighted by molar-refractivity contribution is -0.386. The van der Waals surface area contributed by atoms with E-state index in [4.69, 9.17) is 16.3 Å². The first-order chi connectivity index (χ1) is 10.4. The Morgan fingerprint density at radius 1 is 1.09 bits per heavy atom. The highest BCUT2D eigenvalue weighted by molar-refractivity contribution is 6.30. The molecule has 0 N–H and O–H groups in total. The Hall–Kier alpha value is -2.67. The summed E-state index contributed by atoms with van der Waals surface area (Å²) in [5, 5.41) is 22.1. The van der Waals surface area contributed by atoms with E-state index in [1.807, 2.05) is 0 Å². The SMILES string of the molecule is Cc1c(COc2ccc(Cl)cc2[N+](=O)[O-])cccc1[N+](=O)[O-]. The highest BCUT2D eigenvalue weighted by Gasteiger charge is 2.18. The first-order valence-corrected chi connectivity index (χ1v) is 6.57. The summed E-state index contributed by atoms with van der Waals surface area (Å²) in [6.45, 7) is 1.59. The van der Waals surface area contributed by atoms with Crippen LogP contribution < -0.4 is 4.74 Å². The molecule has 0 unspecified atom stereocenters. The van der Waals surface area contributed by atoms with E-state index in [9.17, 15) is 20.2 Å². The molecular formula is C14H11ClN2O5. The maximum atomic E-state index is 11.0. The minimum Gasteiger partial charge on any atom is -0.482 e. The number of nitro groups is 2. The Kier molecular flexibility index (Phi) is 4.57. The second-order valence-corrected chi connectivity index (χ2v) is 4.91. The van der Waals surface area contributed by atoms with Crippen LogP contribution in [0.15, 0.2) is 36.4 Å². The highest BCUT2D eigenvalue weighted by atomic mass is 35.5. The van der Waals surface area contributed by atoms with Crippen molar-refractivity contribution in [2.75, 3.05) is 0 Å². The average molecular weight is 323 g/mol. The fourth-order valence-electron chi connectivity index (χ4n) is 1.93. The van der Waals surface area contributed by atoms with Gasteiger partial charge in [-0.1, -0.05) is 23.7 Å². The number of nitro benzene ring substituents is 2. The van der Waals surface area contributed by atoms with Crippen molar-refractivity contribution in [1.29, 1.82) is 0 Å². The first kappa shape index (κ1) is 15.7. The molecule has 7 nitrogen and oxygen atoms in total. The summed E-state index contributed by atoms with van der Waals surface area (Å²) >= 11 is 5.72. The smallest absolute Gasteiger partial charge is 0.312 e. The molecule has 2 aromatic carbocycles. The van der Waals surface area contributed by atoms with Crippen LogP contribution in [0, 0.1) is 27.2 Å². The van der Waals surface area contributed by atoms with Gasteiger partial charge >= 0.3 is 5.69 Å². The maximum absolute atomic E-state index is 11.0.